The second-order valence-electron chi connectivity index (χ2n) is 4.83. The van der Waals surface area contributed by atoms with Gasteiger partial charge in [0.15, 0.2) is 0 Å². The van der Waals surface area contributed by atoms with E-state index in [0.717, 1.165) is 16.6 Å². The Labute approximate surface area is 97.0 Å². The van der Waals surface area contributed by atoms with E-state index in [-0.39, 0.29) is 19.4 Å². The van der Waals surface area contributed by atoms with E-state index in [0.29, 0.717) is 0 Å². The van der Waals surface area contributed by atoms with Crippen LogP contribution in [0.4, 0.5) is 8.78 Å². The van der Waals surface area contributed by atoms with Crippen LogP contribution in [0.15, 0.2) is 24.5 Å². The highest BCUT2D eigenvalue weighted by atomic mass is 19.3. The molecule has 0 atom stereocenters. The highest BCUT2D eigenvalue weighted by Crippen LogP contribution is 2.52. The van der Waals surface area contributed by atoms with Crippen LogP contribution in [0.5, 0.6) is 0 Å². The van der Waals surface area contributed by atoms with Crippen molar-refractivity contribution < 1.29 is 8.78 Å². The van der Waals surface area contributed by atoms with E-state index in [2.05, 4.69) is 9.97 Å². The number of hydrogen-bond acceptors (Lipinski definition) is 2. The van der Waals surface area contributed by atoms with Gasteiger partial charge >= 0.3 is 0 Å². The average molecular weight is 237 g/mol. The number of nitrogens with two attached hydrogens (primary N) is 1. The third-order valence-electron chi connectivity index (χ3n) is 3.62. The fourth-order valence-electron chi connectivity index (χ4n) is 2.67. The predicted octanol–water partition coefficient (Wildman–Crippen LogP) is 2.19. The summed E-state index contributed by atoms with van der Waals surface area (Å²) in [5.74, 6) is -2.57. The lowest BCUT2D eigenvalue weighted by molar-refractivity contribution is -0.123. The van der Waals surface area contributed by atoms with Gasteiger partial charge in [-0.05, 0) is 17.7 Å². The number of benzene rings is 1. The third kappa shape index (κ3) is 1.53. The molecule has 0 unspecified atom stereocenters. The van der Waals surface area contributed by atoms with Crippen LogP contribution in [0.3, 0.4) is 0 Å². The molecule has 1 saturated carbocycles. The molecule has 0 radical (unpaired) electrons. The maximum atomic E-state index is 13.1. The van der Waals surface area contributed by atoms with E-state index in [1.807, 2.05) is 18.2 Å². The maximum Gasteiger partial charge on any atom is 0.250 e. The van der Waals surface area contributed by atoms with Gasteiger partial charge in [-0.15, -0.1) is 0 Å². The number of rotatable bonds is 2. The Morgan fingerprint density at radius 2 is 2.12 bits per heavy atom. The predicted molar refractivity (Wildman–Crippen MR) is 61.0 cm³/mol. The second-order valence-corrected chi connectivity index (χ2v) is 4.83. The molecule has 0 aliphatic heterocycles. The van der Waals surface area contributed by atoms with E-state index < -0.39 is 11.3 Å². The number of halogens is 2. The largest absolute Gasteiger partial charge is 0.345 e. The molecule has 5 heteroatoms. The zero-order valence-corrected chi connectivity index (χ0v) is 9.21. The molecule has 0 saturated heterocycles. The minimum Gasteiger partial charge on any atom is -0.345 e. The molecule has 2 aromatic rings. The molecule has 1 fully saturated rings. The Kier molecular flexibility index (Phi) is 2.04. The Bertz CT molecular complexity index is 554. The van der Waals surface area contributed by atoms with E-state index in [1.54, 1.807) is 6.33 Å². The lowest BCUT2D eigenvalue weighted by Gasteiger charge is -2.47. The quantitative estimate of drug-likeness (QED) is 0.841. The number of hydrogen-bond donors (Lipinski definition) is 2. The summed E-state index contributed by atoms with van der Waals surface area (Å²) in [6.07, 6.45) is 1.28. The Morgan fingerprint density at radius 1 is 1.35 bits per heavy atom. The Hall–Kier alpha value is -1.49. The fourth-order valence-corrected chi connectivity index (χ4v) is 2.67. The third-order valence-corrected chi connectivity index (χ3v) is 3.62. The highest BCUT2D eigenvalue weighted by Gasteiger charge is 2.56. The molecular weight excluding hydrogens is 224 g/mol. The number of aromatic nitrogens is 2. The van der Waals surface area contributed by atoms with E-state index >= 15 is 0 Å². The molecule has 1 aromatic carbocycles. The molecule has 1 heterocycles. The number of imidazole rings is 1. The monoisotopic (exact) mass is 237 g/mol. The molecule has 3 nitrogen and oxygen atoms in total. The summed E-state index contributed by atoms with van der Waals surface area (Å²) in [4.78, 5) is 7.09. The Morgan fingerprint density at radius 3 is 2.76 bits per heavy atom. The number of aromatic amines is 1. The van der Waals surface area contributed by atoms with Crippen molar-refractivity contribution in [2.24, 2.45) is 5.73 Å². The molecule has 3 N–H and O–H groups in total. The van der Waals surface area contributed by atoms with Crippen LogP contribution >= 0.6 is 0 Å². The maximum absolute atomic E-state index is 13.1. The van der Waals surface area contributed by atoms with E-state index in [1.165, 1.54) is 0 Å². The lowest BCUT2D eigenvalue weighted by atomic mass is 9.62. The summed E-state index contributed by atoms with van der Waals surface area (Å²) in [5, 5.41) is 0. The van der Waals surface area contributed by atoms with Gasteiger partial charge < -0.3 is 10.7 Å². The highest BCUT2D eigenvalue weighted by molar-refractivity contribution is 5.75. The van der Waals surface area contributed by atoms with Gasteiger partial charge in [-0.3, -0.25) is 0 Å². The van der Waals surface area contributed by atoms with Crippen molar-refractivity contribution in [3.63, 3.8) is 0 Å². The summed E-state index contributed by atoms with van der Waals surface area (Å²) in [6, 6.07) is 5.57. The minimum absolute atomic E-state index is 0.157. The van der Waals surface area contributed by atoms with Crippen LogP contribution in [-0.2, 0) is 5.41 Å². The van der Waals surface area contributed by atoms with Crippen LogP contribution in [0, 0.1) is 0 Å². The van der Waals surface area contributed by atoms with Gasteiger partial charge in [-0.2, -0.15) is 0 Å². The summed E-state index contributed by atoms with van der Waals surface area (Å²) in [5.41, 5.74) is 7.70. The van der Waals surface area contributed by atoms with Crippen molar-refractivity contribution in [3.05, 3.63) is 30.1 Å². The van der Waals surface area contributed by atoms with Crippen LogP contribution < -0.4 is 5.73 Å². The smallest absolute Gasteiger partial charge is 0.250 e. The fraction of sp³-hybridized carbons (Fsp3) is 0.417. The van der Waals surface area contributed by atoms with E-state index in [9.17, 15) is 8.78 Å². The first kappa shape index (κ1) is 10.7. The first-order valence-corrected chi connectivity index (χ1v) is 5.56. The molecule has 3 rings (SSSR count). The standard InChI is InChI=1S/C12H13F2N3/c13-12(14)4-11(5-12,6-15)8-1-2-9-10(3-8)17-7-16-9/h1-3,7H,4-6,15H2,(H,16,17). The molecule has 0 spiro atoms. The van der Waals surface area contributed by atoms with E-state index in [4.69, 9.17) is 5.73 Å². The van der Waals surface area contributed by atoms with Gasteiger partial charge in [0.25, 0.3) is 0 Å². The molecule has 90 valence electrons. The normalized spacial score (nSPS) is 21.4. The average Bonchev–Trinajstić information content (AvgIpc) is 2.71. The number of fused-ring (bicyclic) bond motifs is 1. The van der Waals surface area contributed by atoms with Crippen molar-refractivity contribution in [1.29, 1.82) is 0 Å². The van der Waals surface area contributed by atoms with Gasteiger partial charge in [0, 0.05) is 24.8 Å². The molecular formula is C12H13F2N3. The second kappa shape index (κ2) is 3.26. The molecule has 17 heavy (non-hydrogen) atoms. The molecule has 0 bridgehead atoms. The van der Waals surface area contributed by atoms with Crippen molar-refractivity contribution in [2.75, 3.05) is 6.54 Å². The van der Waals surface area contributed by atoms with Gasteiger partial charge in [0.05, 0.1) is 17.4 Å². The first-order valence-electron chi connectivity index (χ1n) is 5.56. The van der Waals surface area contributed by atoms with Crippen molar-refractivity contribution in [1.82, 2.24) is 9.97 Å². The lowest BCUT2D eigenvalue weighted by Crippen LogP contribution is -2.53. The summed E-state index contributed by atoms with van der Waals surface area (Å²) >= 11 is 0. The zero-order chi connectivity index (χ0) is 12.1. The summed E-state index contributed by atoms with van der Waals surface area (Å²) in [7, 11) is 0. The van der Waals surface area contributed by atoms with Gasteiger partial charge in [-0.25, -0.2) is 13.8 Å². The Balaban J connectivity index is 2.02. The van der Waals surface area contributed by atoms with Crippen LogP contribution in [0.1, 0.15) is 18.4 Å². The van der Waals surface area contributed by atoms with Gasteiger partial charge in [-0.1, -0.05) is 6.07 Å². The van der Waals surface area contributed by atoms with Gasteiger partial charge in [0.2, 0.25) is 5.92 Å². The zero-order valence-electron chi connectivity index (χ0n) is 9.21. The topological polar surface area (TPSA) is 54.7 Å². The SMILES string of the molecule is NCC1(c2ccc3nc[nH]c3c2)CC(F)(F)C1. The number of nitrogens with zero attached hydrogens (tertiary/aromatic N) is 1. The molecule has 1 aromatic heterocycles. The molecule has 0 amide bonds. The molecule has 1 aliphatic rings. The van der Waals surface area contributed by atoms with Crippen molar-refractivity contribution >= 4 is 11.0 Å². The van der Waals surface area contributed by atoms with Crippen molar-refractivity contribution in [2.45, 2.75) is 24.2 Å². The van der Waals surface area contributed by atoms with Gasteiger partial charge in [0.1, 0.15) is 0 Å². The minimum atomic E-state index is -2.57. The summed E-state index contributed by atoms with van der Waals surface area (Å²) < 4.78 is 26.2. The van der Waals surface area contributed by atoms with Crippen LogP contribution in [-0.4, -0.2) is 22.4 Å². The number of H-pyrrole nitrogens is 1. The first-order chi connectivity index (χ1) is 8.05. The summed E-state index contributed by atoms with van der Waals surface area (Å²) in [6.45, 7) is 0.252. The molecule has 1 aliphatic carbocycles. The number of alkyl halides is 2. The number of nitrogens with one attached hydrogen (secondary N) is 1. The van der Waals surface area contributed by atoms with Crippen LogP contribution in [0.25, 0.3) is 11.0 Å². The van der Waals surface area contributed by atoms with Crippen LogP contribution in [0.2, 0.25) is 0 Å². The van der Waals surface area contributed by atoms with Crippen molar-refractivity contribution in [3.8, 4) is 0 Å².